The van der Waals surface area contributed by atoms with Gasteiger partial charge in [-0.25, -0.2) is 0 Å². The number of carbonyl (C=O) groups excluding carboxylic acids is 1. The van der Waals surface area contributed by atoms with Crippen LogP contribution in [0.25, 0.3) is 0 Å². The van der Waals surface area contributed by atoms with E-state index >= 15 is 0 Å². The van der Waals surface area contributed by atoms with Crippen LogP contribution in [0.2, 0.25) is 0 Å². The van der Waals surface area contributed by atoms with Gasteiger partial charge < -0.3 is 4.90 Å². The van der Waals surface area contributed by atoms with Crippen LogP contribution < -0.4 is 0 Å². The molecule has 1 N–H and O–H groups in total. The fourth-order valence-corrected chi connectivity index (χ4v) is 1.99. The fraction of sp³-hybridized carbons (Fsp3) is 0.636. The average molecular weight is 222 g/mol. The monoisotopic (exact) mass is 222 g/mol. The Hall–Kier alpha value is -1.36. The van der Waals surface area contributed by atoms with E-state index in [0.717, 1.165) is 26.2 Å². The molecule has 2 heterocycles. The molecular weight excluding hydrogens is 204 g/mol. The summed E-state index contributed by atoms with van der Waals surface area (Å²) in [4.78, 5) is 16.3. The second-order valence-electron chi connectivity index (χ2n) is 4.41. The summed E-state index contributed by atoms with van der Waals surface area (Å²) in [6.45, 7) is 7.91. The van der Waals surface area contributed by atoms with E-state index in [9.17, 15) is 4.79 Å². The molecule has 1 aliphatic heterocycles. The van der Waals surface area contributed by atoms with Crippen LogP contribution in [0.4, 0.5) is 0 Å². The number of amides is 1. The van der Waals surface area contributed by atoms with E-state index < -0.39 is 0 Å². The zero-order valence-electron chi connectivity index (χ0n) is 9.81. The van der Waals surface area contributed by atoms with Crippen molar-refractivity contribution in [3.8, 4) is 0 Å². The Kier molecular flexibility index (Phi) is 3.24. The number of nitrogens with one attached hydrogen (secondary N) is 1. The average Bonchev–Trinajstić information content (AvgIpc) is 2.81. The first-order valence-electron chi connectivity index (χ1n) is 5.70. The molecule has 1 aromatic rings. The first-order chi connectivity index (χ1) is 7.68. The molecule has 1 saturated heterocycles. The van der Waals surface area contributed by atoms with Gasteiger partial charge in [0.05, 0.1) is 11.8 Å². The van der Waals surface area contributed by atoms with Gasteiger partial charge in [-0.05, 0) is 13.8 Å². The smallest absolute Gasteiger partial charge is 0.257 e. The highest BCUT2D eigenvalue weighted by molar-refractivity contribution is 5.93. The highest BCUT2D eigenvalue weighted by Crippen LogP contribution is 2.09. The highest BCUT2D eigenvalue weighted by atomic mass is 16.2. The quantitative estimate of drug-likeness (QED) is 0.796. The molecular formula is C11H18N4O. The molecule has 0 unspecified atom stereocenters. The van der Waals surface area contributed by atoms with E-state index in [1.165, 1.54) is 0 Å². The topological polar surface area (TPSA) is 52.2 Å². The summed E-state index contributed by atoms with van der Waals surface area (Å²) >= 11 is 0. The lowest BCUT2D eigenvalue weighted by Gasteiger charge is -2.36. The number of aromatic nitrogens is 2. The molecule has 16 heavy (non-hydrogen) atoms. The number of H-pyrrole nitrogens is 1. The second kappa shape index (κ2) is 4.65. The molecule has 0 radical (unpaired) electrons. The van der Waals surface area contributed by atoms with E-state index in [4.69, 9.17) is 0 Å². The van der Waals surface area contributed by atoms with Crippen molar-refractivity contribution < 1.29 is 4.79 Å². The molecule has 0 bridgehead atoms. The predicted octanol–water partition coefficient (Wildman–Crippen LogP) is 0.576. The molecule has 1 aliphatic rings. The molecule has 0 spiro atoms. The number of carbonyl (C=O) groups is 1. The number of rotatable bonds is 2. The Bertz CT molecular complexity index is 339. The minimum Gasteiger partial charge on any atom is -0.336 e. The van der Waals surface area contributed by atoms with Gasteiger partial charge in [0, 0.05) is 38.4 Å². The van der Waals surface area contributed by atoms with Gasteiger partial charge >= 0.3 is 0 Å². The summed E-state index contributed by atoms with van der Waals surface area (Å²) in [5.74, 6) is 0.0807. The maximum atomic E-state index is 12.0. The van der Waals surface area contributed by atoms with Gasteiger partial charge in [0.2, 0.25) is 0 Å². The van der Waals surface area contributed by atoms with Crippen molar-refractivity contribution in [2.24, 2.45) is 0 Å². The van der Waals surface area contributed by atoms with E-state index in [-0.39, 0.29) is 5.91 Å². The predicted molar refractivity (Wildman–Crippen MR) is 61.2 cm³/mol. The molecule has 1 fully saturated rings. The van der Waals surface area contributed by atoms with E-state index in [1.807, 2.05) is 4.90 Å². The summed E-state index contributed by atoms with van der Waals surface area (Å²) in [5.41, 5.74) is 0.651. The Morgan fingerprint density at radius 3 is 2.56 bits per heavy atom. The zero-order valence-corrected chi connectivity index (χ0v) is 9.81. The summed E-state index contributed by atoms with van der Waals surface area (Å²) in [6.07, 6.45) is 3.23. The van der Waals surface area contributed by atoms with Crippen molar-refractivity contribution in [1.29, 1.82) is 0 Å². The SMILES string of the molecule is CC(C)N1CCN(C(=O)c2cn[nH]c2)CC1. The lowest BCUT2D eigenvalue weighted by molar-refractivity contribution is 0.0595. The van der Waals surface area contributed by atoms with Gasteiger partial charge in [0.25, 0.3) is 5.91 Å². The zero-order chi connectivity index (χ0) is 11.5. The van der Waals surface area contributed by atoms with Crippen LogP contribution in [0, 0.1) is 0 Å². The number of nitrogens with zero attached hydrogens (tertiary/aromatic N) is 3. The van der Waals surface area contributed by atoms with Gasteiger partial charge in [-0.2, -0.15) is 5.10 Å². The van der Waals surface area contributed by atoms with Crippen LogP contribution >= 0.6 is 0 Å². The summed E-state index contributed by atoms with van der Waals surface area (Å²) in [6, 6.07) is 0.561. The number of hydrogen-bond acceptors (Lipinski definition) is 3. The third-order valence-electron chi connectivity index (χ3n) is 3.08. The summed E-state index contributed by atoms with van der Waals surface area (Å²) in [7, 11) is 0. The Labute approximate surface area is 95.4 Å². The van der Waals surface area contributed by atoms with Crippen LogP contribution in [0.3, 0.4) is 0 Å². The molecule has 0 aromatic carbocycles. The van der Waals surface area contributed by atoms with Crippen molar-refractivity contribution in [2.75, 3.05) is 26.2 Å². The molecule has 2 rings (SSSR count). The molecule has 1 amide bonds. The van der Waals surface area contributed by atoms with Gasteiger partial charge in [0.1, 0.15) is 0 Å². The van der Waals surface area contributed by atoms with Gasteiger partial charge in [-0.15, -0.1) is 0 Å². The highest BCUT2D eigenvalue weighted by Gasteiger charge is 2.23. The van der Waals surface area contributed by atoms with Crippen LogP contribution in [-0.4, -0.2) is 58.1 Å². The van der Waals surface area contributed by atoms with Crippen LogP contribution in [0.1, 0.15) is 24.2 Å². The minimum absolute atomic E-state index is 0.0807. The molecule has 88 valence electrons. The Morgan fingerprint density at radius 1 is 1.38 bits per heavy atom. The third kappa shape index (κ3) is 2.24. The standard InChI is InChI=1S/C11H18N4O/c1-9(2)14-3-5-15(6-4-14)11(16)10-7-12-13-8-10/h7-9H,3-6H2,1-2H3,(H,12,13). The molecule has 1 aromatic heterocycles. The van der Waals surface area contributed by atoms with Crippen LogP contribution in [0.5, 0.6) is 0 Å². The first-order valence-corrected chi connectivity index (χ1v) is 5.70. The molecule has 5 heteroatoms. The van der Waals surface area contributed by atoms with Gasteiger partial charge in [-0.3, -0.25) is 14.8 Å². The van der Waals surface area contributed by atoms with E-state index in [2.05, 4.69) is 28.9 Å². The summed E-state index contributed by atoms with van der Waals surface area (Å²) in [5, 5.41) is 6.47. The number of hydrogen-bond donors (Lipinski definition) is 1. The lowest BCUT2D eigenvalue weighted by atomic mass is 10.2. The Morgan fingerprint density at radius 2 is 2.06 bits per heavy atom. The van der Waals surface area contributed by atoms with Crippen LogP contribution in [0.15, 0.2) is 12.4 Å². The third-order valence-corrected chi connectivity index (χ3v) is 3.08. The fourth-order valence-electron chi connectivity index (χ4n) is 1.99. The number of piperazine rings is 1. The van der Waals surface area contributed by atoms with Gasteiger partial charge in [-0.1, -0.05) is 0 Å². The van der Waals surface area contributed by atoms with Crippen molar-refractivity contribution in [2.45, 2.75) is 19.9 Å². The summed E-state index contributed by atoms with van der Waals surface area (Å²) < 4.78 is 0. The van der Waals surface area contributed by atoms with Crippen molar-refractivity contribution in [3.63, 3.8) is 0 Å². The largest absolute Gasteiger partial charge is 0.336 e. The maximum absolute atomic E-state index is 12.0. The van der Waals surface area contributed by atoms with Crippen molar-refractivity contribution >= 4 is 5.91 Å². The minimum atomic E-state index is 0.0807. The van der Waals surface area contributed by atoms with Crippen molar-refractivity contribution in [3.05, 3.63) is 18.0 Å². The van der Waals surface area contributed by atoms with Crippen LogP contribution in [-0.2, 0) is 0 Å². The maximum Gasteiger partial charge on any atom is 0.257 e. The first kappa shape index (κ1) is 11.1. The van der Waals surface area contributed by atoms with E-state index in [0.29, 0.717) is 11.6 Å². The molecule has 0 saturated carbocycles. The molecule has 5 nitrogen and oxygen atoms in total. The van der Waals surface area contributed by atoms with Crippen molar-refractivity contribution in [1.82, 2.24) is 20.0 Å². The lowest BCUT2D eigenvalue weighted by Crippen LogP contribution is -2.50. The normalized spacial score (nSPS) is 18.1. The van der Waals surface area contributed by atoms with E-state index in [1.54, 1.807) is 12.4 Å². The Balaban J connectivity index is 1.92. The van der Waals surface area contributed by atoms with Gasteiger partial charge in [0.15, 0.2) is 0 Å². The molecule has 0 atom stereocenters. The second-order valence-corrected chi connectivity index (χ2v) is 4.41. The number of aromatic amines is 1. The molecule has 0 aliphatic carbocycles.